The van der Waals surface area contributed by atoms with Crippen molar-refractivity contribution in [1.82, 2.24) is 30.8 Å². The van der Waals surface area contributed by atoms with Crippen molar-refractivity contribution >= 4 is 61.8 Å². The number of hydrogen-bond donors (Lipinski definition) is 6. The van der Waals surface area contributed by atoms with E-state index in [1.807, 2.05) is 48.7 Å². The van der Waals surface area contributed by atoms with Gasteiger partial charge in [-0.1, -0.05) is 65.8 Å². The smallest absolute Gasteiger partial charge is 0.245 e. The Morgan fingerprint density at radius 2 is 1.63 bits per heavy atom. The third-order valence-corrected chi connectivity index (χ3v) is 13.4. The van der Waals surface area contributed by atoms with E-state index in [4.69, 9.17) is 28.1 Å². The molecule has 0 fully saturated rings. The summed E-state index contributed by atoms with van der Waals surface area (Å²) in [5.41, 5.74) is 16.4. The lowest BCUT2D eigenvalue weighted by Crippen LogP contribution is -2.57. The highest BCUT2D eigenvalue weighted by Gasteiger charge is 2.34. The third-order valence-electron chi connectivity index (χ3n) is 10.6. The van der Waals surface area contributed by atoms with Gasteiger partial charge in [0.2, 0.25) is 17.7 Å². The summed E-state index contributed by atoms with van der Waals surface area (Å²) in [6.45, 7) is 1.08. The molecule has 2 aromatic heterocycles. The summed E-state index contributed by atoms with van der Waals surface area (Å²) < 4.78 is 24.7. The summed E-state index contributed by atoms with van der Waals surface area (Å²) in [5.74, 6) is -1.17. The van der Waals surface area contributed by atoms with Crippen LogP contribution in [0.5, 0.6) is 0 Å². The minimum absolute atomic E-state index is 0.00947. The van der Waals surface area contributed by atoms with Crippen molar-refractivity contribution in [2.45, 2.75) is 84.6 Å². The number of H-pyrrole nitrogens is 1. The van der Waals surface area contributed by atoms with Gasteiger partial charge in [-0.25, -0.2) is 13.4 Å². The Labute approximate surface area is 354 Å². The van der Waals surface area contributed by atoms with Crippen molar-refractivity contribution in [2.24, 2.45) is 11.5 Å². The zero-order valence-corrected chi connectivity index (χ0v) is 35.6. The number of benzene rings is 3. The summed E-state index contributed by atoms with van der Waals surface area (Å²) in [4.78, 5) is 53.7. The summed E-state index contributed by atoms with van der Waals surface area (Å²) >= 11 is 8.35. The molecule has 13 nitrogen and oxygen atoms in total. The lowest BCUT2D eigenvalue weighted by Gasteiger charge is -2.32. The standard InChI is InChI=1S/C43H51ClN8O5S2/c1-52-38(23-29-25-48-35-11-4-3-10-32(29)35)41(54)50-26-33-31(27-14-16-30(17-15-27)59(2,56)57)18-19-34(44)39(33)58-42-28(9-8-22-47-42)24-49-36(13-7-21-46)40(53)51-37(43(52)55)12-5-6-20-45/h3-4,8-11,14-19,22,25,36-38,48-49H,5-7,12-13,20-21,23-24,26,45-46H2,1-2H3,(H,50,54)(H,51,53). The summed E-state index contributed by atoms with van der Waals surface area (Å²) in [5, 5.41) is 11.5. The number of fused-ring (bicyclic) bond motifs is 3. The maximum Gasteiger partial charge on any atom is 0.245 e. The minimum atomic E-state index is -3.45. The van der Waals surface area contributed by atoms with Crippen LogP contribution in [-0.4, -0.2) is 85.5 Å². The second-order valence-corrected chi connectivity index (χ2v) is 18.1. The highest BCUT2D eigenvalue weighted by molar-refractivity contribution is 7.99. The molecule has 1 aliphatic heterocycles. The molecule has 8 N–H and O–H groups in total. The second-order valence-electron chi connectivity index (χ2n) is 14.7. The van der Waals surface area contributed by atoms with Gasteiger partial charge in [-0.15, -0.1) is 0 Å². The van der Waals surface area contributed by atoms with E-state index >= 15 is 0 Å². The van der Waals surface area contributed by atoms with Crippen molar-refractivity contribution in [1.29, 1.82) is 0 Å². The Morgan fingerprint density at radius 1 is 0.881 bits per heavy atom. The van der Waals surface area contributed by atoms with Gasteiger partial charge in [0.25, 0.3) is 0 Å². The van der Waals surface area contributed by atoms with Crippen LogP contribution in [0.15, 0.2) is 100 Å². The molecule has 0 spiro atoms. The number of sulfone groups is 1. The van der Waals surface area contributed by atoms with Crippen LogP contribution in [-0.2, 0) is 43.7 Å². The van der Waals surface area contributed by atoms with E-state index in [1.165, 1.54) is 16.7 Å². The number of aromatic nitrogens is 2. The van der Waals surface area contributed by atoms with Gasteiger partial charge in [-0.05, 0) is 103 Å². The van der Waals surface area contributed by atoms with Crippen LogP contribution >= 0.6 is 23.4 Å². The molecule has 6 rings (SSSR count). The number of halogens is 1. The molecule has 0 aliphatic carbocycles. The van der Waals surface area contributed by atoms with Crippen molar-refractivity contribution in [3.8, 4) is 11.1 Å². The van der Waals surface area contributed by atoms with Gasteiger partial charge in [0.05, 0.1) is 16.0 Å². The number of unbranched alkanes of at least 4 members (excludes halogenated alkanes) is 1. The van der Waals surface area contributed by atoms with Gasteiger partial charge < -0.3 is 37.3 Å². The van der Waals surface area contributed by atoms with Crippen LogP contribution in [0.3, 0.4) is 0 Å². The molecule has 5 aromatic rings. The van der Waals surface area contributed by atoms with E-state index in [-0.39, 0.29) is 30.3 Å². The van der Waals surface area contributed by atoms with Crippen LogP contribution in [0.4, 0.5) is 0 Å². The van der Waals surface area contributed by atoms with E-state index in [0.717, 1.165) is 33.8 Å². The molecule has 16 heteroatoms. The number of likely N-dealkylation sites (N-methyl/N-ethyl adjacent to an activating group) is 1. The molecule has 0 radical (unpaired) electrons. The first-order valence-electron chi connectivity index (χ1n) is 19.7. The first kappa shape index (κ1) is 43.8. The number of aromatic amines is 1. The molecule has 312 valence electrons. The third kappa shape index (κ3) is 10.7. The van der Waals surface area contributed by atoms with Crippen LogP contribution in [0, 0.1) is 0 Å². The highest BCUT2D eigenvalue weighted by Crippen LogP contribution is 2.41. The topological polar surface area (TPSA) is 205 Å². The molecule has 1 aliphatic rings. The number of para-hydroxylation sites is 1. The fourth-order valence-corrected chi connectivity index (χ4v) is 9.27. The molecule has 3 unspecified atom stereocenters. The first-order valence-corrected chi connectivity index (χ1v) is 22.7. The molecule has 3 atom stereocenters. The Hall–Kier alpha value is -4.77. The quantitative estimate of drug-likeness (QED) is 0.0987. The van der Waals surface area contributed by atoms with Crippen LogP contribution < -0.4 is 27.4 Å². The van der Waals surface area contributed by atoms with Crippen molar-refractivity contribution in [3.05, 3.63) is 107 Å². The zero-order valence-electron chi connectivity index (χ0n) is 33.2. The maximum atomic E-state index is 14.7. The largest absolute Gasteiger partial charge is 0.361 e. The molecule has 0 saturated carbocycles. The summed E-state index contributed by atoms with van der Waals surface area (Å²) in [6.07, 6.45) is 7.42. The van der Waals surface area contributed by atoms with E-state index in [1.54, 1.807) is 43.6 Å². The fourth-order valence-electron chi connectivity index (χ4n) is 7.29. The maximum absolute atomic E-state index is 14.7. The molecule has 59 heavy (non-hydrogen) atoms. The highest BCUT2D eigenvalue weighted by atomic mass is 35.5. The summed E-state index contributed by atoms with van der Waals surface area (Å²) in [7, 11) is -1.85. The van der Waals surface area contributed by atoms with E-state index in [2.05, 4.69) is 20.9 Å². The first-order chi connectivity index (χ1) is 28.4. The number of carbonyl (C=O) groups excluding carboxylic acids is 3. The number of hydrogen-bond acceptors (Lipinski definition) is 10. The second kappa shape index (κ2) is 20.0. The Morgan fingerprint density at radius 3 is 2.37 bits per heavy atom. The normalized spacial score (nSPS) is 18.5. The van der Waals surface area contributed by atoms with Crippen molar-refractivity contribution in [3.63, 3.8) is 0 Å². The van der Waals surface area contributed by atoms with Gasteiger partial charge in [-0.3, -0.25) is 14.4 Å². The number of carbonyl (C=O) groups is 3. The molecule has 3 heterocycles. The van der Waals surface area contributed by atoms with Crippen LogP contribution in [0.1, 0.15) is 48.8 Å². The molecule has 3 aromatic carbocycles. The van der Waals surface area contributed by atoms with Crippen LogP contribution in [0.25, 0.3) is 22.0 Å². The van der Waals surface area contributed by atoms with E-state index in [0.29, 0.717) is 71.3 Å². The molecule has 3 amide bonds. The van der Waals surface area contributed by atoms with E-state index < -0.39 is 39.8 Å². The number of nitrogens with two attached hydrogens (primary N) is 2. The monoisotopic (exact) mass is 858 g/mol. The van der Waals surface area contributed by atoms with Gasteiger partial charge in [0.1, 0.15) is 17.1 Å². The lowest BCUT2D eigenvalue weighted by molar-refractivity contribution is -0.142. The minimum Gasteiger partial charge on any atom is -0.361 e. The predicted octanol–water partition coefficient (Wildman–Crippen LogP) is 4.95. The Balaban J connectivity index is 1.48. The SMILES string of the molecule is CN1C(=O)C(CCCCN)NC(=O)C(CCCN)NCc2cccnc2Sc2c(Cl)ccc(-c3ccc(S(C)(=O)=O)cc3)c2CNC(=O)C1Cc1c[nH]c2ccccc12. The fraction of sp³-hybridized carbons (Fsp3) is 0.349. The van der Waals surface area contributed by atoms with Crippen molar-refractivity contribution < 1.29 is 22.8 Å². The number of nitrogens with one attached hydrogen (secondary N) is 4. The zero-order chi connectivity index (χ0) is 42.1. The van der Waals surface area contributed by atoms with E-state index in [9.17, 15) is 22.8 Å². The Kier molecular flexibility index (Phi) is 14.8. The number of pyridine rings is 1. The lowest BCUT2D eigenvalue weighted by atomic mass is 9.98. The molecular weight excluding hydrogens is 808 g/mol. The number of nitrogens with zero attached hydrogens (tertiary/aromatic N) is 2. The van der Waals surface area contributed by atoms with Crippen LogP contribution in [0.2, 0.25) is 5.02 Å². The van der Waals surface area contributed by atoms with Gasteiger partial charge in [0, 0.05) is 61.0 Å². The predicted molar refractivity (Wildman–Crippen MR) is 233 cm³/mol. The Bertz CT molecular complexity index is 2390. The summed E-state index contributed by atoms with van der Waals surface area (Å²) in [6, 6.07) is 19.0. The van der Waals surface area contributed by atoms with Gasteiger partial charge in [-0.2, -0.15) is 0 Å². The van der Waals surface area contributed by atoms with Gasteiger partial charge >= 0.3 is 0 Å². The average molecular weight is 860 g/mol. The van der Waals surface area contributed by atoms with Gasteiger partial charge in [0.15, 0.2) is 9.84 Å². The number of rotatable bonds is 11. The van der Waals surface area contributed by atoms with Crippen molar-refractivity contribution in [2.75, 3.05) is 26.4 Å². The average Bonchev–Trinajstić information content (AvgIpc) is 3.64. The molecule has 0 bridgehead atoms. The molecular formula is C43H51ClN8O5S2. The molecule has 0 saturated heterocycles. The number of amides is 3.